The van der Waals surface area contributed by atoms with Crippen molar-refractivity contribution >= 4 is 10.0 Å². The molecule has 0 radical (unpaired) electrons. The molecule has 1 aromatic carbocycles. The van der Waals surface area contributed by atoms with Crippen LogP contribution in [0.4, 0.5) is 0 Å². The lowest BCUT2D eigenvalue weighted by atomic mass is 9.93. The fourth-order valence-corrected chi connectivity index (χ4v) is 2.35. The molecule has 0 spiro atoms. The maximum atomic E-state index is 11.7. The van der Waals surface area contributed by atoms with Gasteiger partial charge in [0.05, 0.1) is 11.4 Å². The SMILES string of the molecule is CC(C)(C)c1cc(S(N)(=O)=O)n(-c2ccccc2)n1. The normalized spacial score (nSPS) is 12.6. The summed E-state index contributed by atoms with van der Waals surface area (Å²) in [6.07, 6.45) is 0. The first-order valence-corrected chi connectivity index (χ1v) is 7.43. The summed E-state index contributed by atoms with van der Waals surface area (Å²) in [7, 11) is -3.82. The van der Waals surface area contributed by atoms with Gasteiger partial charge in [-0.2, -0.15) is 5.10 Å². The van der Waals surface area contributed by atoms with Crippen LogP contribution in [0.2, 0.25) is 0 Å². The minimum absolute atomic E-state index is 0.00336. The van der Waals surface area contributed by atoms with Crippen LogP contribution in [0.1, 0.15) is 26.5 Å². The van der Waals surface area contributed by atoms with E-state index in [1.54, 1.807) is 12.1 Å². The van der Waals surface area contributed by atoms with E-state index in [4.69, 9.17) is 5.14 Å². The quantitative estimate of drug-likeness (QED) is 0.910. The fourth-order valence-electron chi connectivity index (χ4n) is 1.69. The molecule has 0 saturated heterocycles. The number of primary sulfonamides is 1. The van der Waals surface area contributed by atoms with Crippen molar-refractivity contribution in [2.24, 2.45) is 5.14 Å². The number of rotatable bonds is 2. The second-order valence-electron chi connectivity index (χ2n) is 5.41. The van der Waals surface area contributed by atoms with Gasteiger partial charge in [-0.1, -0.05) is 39.0 Å². The number of sulfonamides is 1. The number of nitrogens with zero attached hydrogens (tertiary/aromatic N) is 2. The Morgan fingerprint density at radius 3 is 2.21 bits per heavy atom. The van der Waals surface area contributed by atoms with Gasteiger partial charge in [0.25, 0.3) is 10.0 Å². The molecular formula is C13H17N3O2S. The van der Waals surface area contributed by atoms with Crippen LogP contribution in [0.25, 0.3) is 5.69 Å². The monoisotopic (exact) mass is 279 g/mol. The number of aromatic nitrogens is 2. The van der Waals surface area contributed by atoms with Crippen LogP contribution in [0.5, 0.6) is 0 Å². The van der Waals surface area contributed by atoms with E-state index in [9.17, 15) is 8.42 Å². The number of nitrogens with two attached hydrogens (primary N) is 1. The van der Waals surface area contributed by atoms with Gasteiger partial charge in [0.1, 0.15) is 0 Å². The fraction of sp³-hybridized carbons (Fsp3) is 0.308. The van der Waals surface area contributed by atoms with Gasteiger partial charge in [-0.25, -0.2) is 18.2 Å². The molecule has 2 N–H and O–H groups in total. The predicted molar refractivity (Wildman–Crippen MR) is 73.6 cm³/mol. The first kappa shape index (κ1) is 13.8. The van der Waals surface area contributed by atoms with Crippen molar-refractivity contribution in [1.29, 1.82) is 0 Å². The van der Waals surface area contributed by atoms with E-state index < -0.39 is 10.0 Å². The molecule has 6 heteroatoms. The highest BCUT2D eigenvalue weighted by Gasteiger charge is 2.24. The molecule has 2 rings (SSSR count). The highest BCUT2D eigenvalue weighted by molar-refractivity contribution is 7.89. The highest BCUT2D eigenvalue weighted by Crippen LogP contribution is 2.25. The first-order chi connectivity index (χ1) is 8.69. The van der Waals surface area contributed by atoms with Crippen LogP contribution in [0.15, 0.2) is 41.4 Å². The lowest BCUT2D eigenvalue weighted by Crippen LogP contribution is -2.17. The molecule has 0 bridgehead atoms. The number of hydrogen-bond donors (Lipinski definition) is 1. The summed E-state index contributed by atoms with van der Waals surface area (Å²) >= 11 is 0. The molecule has 102 valence electrons. The van der Waals surface area contributed by atoms with Crippen molar-refractivity contribution in [2.45, 2.75) is 31.2 Å². The maximum absolute atomic E-state index is 11.7. The Labute approximate surface area is 113 Å². The van der Waals surface area contributed by atoms with E-state index in [1.165, 1.54) is 10.7 Å². The largest absolute Gasteiger partial charge is 0.255 e. The van der Waals surface area contributed by atoms with Crippen molar-refractivity contribution in [3.63, 3.8) is 0 Å². The second kappa shape index (κ2) is 4.47. The van der Waals surface area contributed by atoms with E-state index >= 15 is 0 Å². The molecule has 0 unspecified atom stereocenters. The van der Waals surface area contributed by atoms with Crippen molar-refractivity contribution < 1.29 is 8.42 Å². The van der Waals surface area contributed by atoms with Gasteiger partial charge in [0, 0.05) is 11.5 Å². The lowest BCUT2D eigenvalue weighted by Gasteiger charge is -2.14. The summed E-state index contributed by atoms with van der Waals surface area (Å²) in [5, 5.41) is 9.64. The first-order valence-electron chi connectivity index (χ1n) is 5.88. The summed E-state index contributed by atoms with van der Waals surface area (Å²) in [4.78, 5) is 0. The van der Waals surface area contributed by atoms with Crippen LogP contribution in [-0.2, 0) is 15.4 Å². The average molecular weight is 279 g/mol. The summed E-state index contributed by atoms with van der Waals surface area (Å²) < 4.78 is 24.7. The van der Waals surface area contributed by atoms with Gasteiger partial charge < -0.3 is 0 Å². The summed E-state index contributed by atoms with van der Waals surface area (Å²) in [6.45, 7) is 5.91. The van der Waals surface area contributed by atoms with Gasteiger partial charge in [-0.05, 0) is 12.1 Å². The standard InChI is InChI=1S/C13H17N3O2S/c1-13(2,3)11-9-12(19(14,17)18)16(15-11)10-7-5-4-6-8-10/h4-9H,1-3H3,(H2,14,17,18). The van der Waals surface area contributed by atoms with Gasteiger partial charge in [-0.3, -0.25) is 0 Å². The van der Waals surface area contributed by atoms with Crippen molar-refractivity contribution in [2.75, 3.05) is 0 Å². The van der Waals surface area contributed by atoms with Crippen LogP contribution >= 0.6 is 0 Å². The zero-order valence-electron chi connectivity index (χ0n) is 11.2. The summed E-state index contributed by atoms with van der Waals surface area (Å²) in [5.74, 6) is 0. The topological polar surface area (TPSA) is 78.0 Å². The van der Waals surface area contributed by atoms with Gasteiger partial charge in [0.2, 0.25) is 0 Å². The van der Waals surface area contributed by atoms with Gasteiger partial charge in [0.15, 0.2) is 5.03 Å². The lowest BCUT2D eigenvalue weighted by molar-refractivity contribution is 0.557. The van der Waals surface area contributed by atoms with E-state index in [1.807, 2.05) is 39.0 Å². The van der Waals surface area contributed by atoms with E-state index in [0.29, 0.717) is 11.4 Å². The Balaban J connectivity index is 2.70. The van der Waals surface area contributed by atoms with Crippen LogP contribution in [-0.4, -0.2) is 18.2 Å². The average Bonchev–Trinajstić information content (AvgIpc) is 2.74. The molecule has 0 fully saturated rings. The Bertz CT molecular complexity index is 682. The molecular weight excluding hydrogens is 262 g/mol. The third kappa shape index (κ3) is 2.85. The molecule has 5 nitrogen and oxygen atoms in total. The van der Waals surface area contributed by atoms with Gasteiger partial charge >= 0.3 is 0 Å². The van der Waals surface area contributed by atoms with Crippen molar-refractivity contribution in [3.05, 3.63) is 42.1 Å². The molecule has 0 aliphatic heterocycles. The highest BCUT2D eigenvalue weighted by atomic mass is 32.2. The molecule has 19 heavy (non-hydrogen) atoms. The van der Waals surface area contributed by atoms with Crippen molar-refractivity contribution in [1.82, 2.24) is 9.78 Å². The number of para-hydroxylation sites is 1. The molecule has 1 aromatic heterocycles. The maximum Gasteiger partial charge on any atom is 0.255 e. The second-order valence-corrected chi connectivity index (χ2v) is 6.92. The van der Waals surface area contributed by atoms with Crippen LogP contribution in [0, 0.1) is 0 Å². The van der Waals surface area contributed by atoms with Crippen molar-refractivity contribution in [3.8, 4) is 5.69 Å². The van der Waals surface area contributed by atoms with Gasteiger partial charge in [-0.15, -0.1) is 0 Å². The Morgan fingerprint density at radius 2 is 1.74 bits per heavy atom. The predicted octanol–water partition coefficient (Wildman–Crippen LogP) is 1.82. The smallest absolute Gasteiger partial charge is 0.223 e. The zero-order chi connectivity index (χ0) is 14.3. The minimum Gasteiger partial charge on any atom is -0.223 e. The molecule has 0 amide bonds. The third-order valence-electron chi connectivity index (χ3n) is 2.74. The summed E-state index contributed by atoms with van der Waals surface area (Å²) in [6, 6.07) is 10.6. The van der Waals surface area contributed by atoms with Crippen LogP contribution in [0.3, 0.4) is 0 Å². The molecule has 0 saturated carbocycles. The van der Waals surface area contributed by atoms with E-state index in [-0.39, 0.29) is 10.4 Å². The molecule has 0 aliphatic rings. The number of hydrogen-bond acceptors (Lipinski definition) is 3. The molecule has 1 heterocycles. The third-order valence-corrected chi connectivity index (χ3v) is 3.61. The zero-order valence-corrected chi connectivity index (χ0v) is 12.0. The van der Waals surface area contributed by atoms with Crippen LogP contribution < -0.4 is 5.14 Å². The Kier molecular flexibility index (Phi) is 3.24. The van der Waals surface area contributed by atoms with E-state index in [2.05, 4.69) is 5.10 Å². The summed E-state index contributed by atoms with van der Waals surface area (Å²) in [5.41, 5.74) is 1.10. The molecule has 0 atom stereocenters. The van der Waals surface area contributed by atoms with E-state index in [0.717, 1.165) is 0 Å². The Hall–Kier alpha value is -1.66. The number of benzene rings is 1. The Morgan fingerprint density at radius 1 is 1.16 bits per heavy atom. The molecule has 2 aromatic rings. The molecule has 0 aliphatic carbocycles. The minimum atomic E-state index is -3.82.